The largest absolute Gasteiger partial charge is 0.214 e. The van der Waals surface area contributed by atoms with Crippen LogP contribution >= 0.6 is 0 Å². The van der Waals surface area contributed by atoms with Gasteiger partial charge in [-0.25, -0.2) is 9.78 Å². The van der Waals surface area contributed by atoms with Gasteiger partial charge in [0.25, 0.3) is 0 Å². The minimum absolute atomic E-state index is 0.155. The van der Waals surface area contributed by atoms with Crippen molar-refractivity contribution in [3.63, 3.8) is 0 Å². The Morgan fingerprint density at radius 1 is 0.500 bits per heavy atom. The minimum Gasteiger partial charge on any atom is -0.214 e. The Hall–Kier alpha value is -3.20. The van der Waals surface area contributed by atoms with Crippen molar-refractivity contribution in [2.24, 2.45) is 0 Å². The van der Waals surface area contributed by atoms with E-state index in [1.165, 1.54) is 0 Å². The van der Waals surface area contributed by atoms with Gasteiger partial charge in [0.1, 0.15) is 0 Å². The van der Waals surface area contributed by atoms with Gasteiger partial charge in [-0.05, 0) is 11.1 Å². The fourth-order valence-electron chi connectivity index (χ4n) is 4.26. The van der Waals surface area contributed by atoms with Crippen LogP contribution in [0.2, 0.25) is 0 Å². The van der Waals surface area contributed by atoms with Crippen molar-refractivity contribution in [1.29, 1.82) is 0 Å². The molecule has 4 aromatic carbocycles. The molecule has 1 aliphatic carbocycles. The Morgan fingerprint density at radius 2 is 0.821 bits per heavy atom. The summed E-state index contributed by atoms with van der Waals surface area (Å²) in [5, 5.41) is 0. The third-order valence-corrected chi connectivity index (χ3v) is 5.37. The molecule has 28 heavy (non-hydrogen) atoms. The highest BCUT2D eigenvalue weighted by Gasteiger charge is 2.60. The summed E-state index contributed by atoms with van der Waals surface area (Å²) in [4.78, 5) is 12.2. The Labute approximate surface area is 178 Å². The molecular formula is C26H18O2. The molecule has 7 rings (SSSR count). The summed E-state index contributed by atoms with van der Waals surface area (Å²) in [6.07, 6.45) is 0. The lowest BCUT2D eigenvalue weighted by Gasteiger charge is -2.53. The van der Waals surface area contributed by atoms with E-state index in [-0.39, 0.29) is 11.1 Å². The van der Waals surface area contributed by atoms with E-state index in [1.54, 1.807) is 48.5 Å². The average Bonchev–Trinajstić information content (AvgIpc) is 2.94. The molecule has 2 bridgehead atoms. The van der Waals surface area contributed by atoms with Gasteiger partial charge < -0.3 is 0 Å². The summed E-state index contributed by atoms with van der Waals surface area (Å²) in [7, 11) is 0. The van der Waals surface area contributed by atoms with E-state index < -0.39 is 71.6 Å². The molecule has 2 heteroatoms. The monoisotopic (exact) mass is 372 g/mol. The van der Waals surface area contributed by atoms with Crippen LogP contribution in [0.1, 0.15) is 47.1 Å². The smallest absolute Gasteiger partial charge is 0.179 e. The van der Waals surface area contributed by atoms with Crippen LogP contribution in [0, 0.1) is 0 Å². The average molecular weight is 372 g/mol. The lowest BCUT2D eigenvalue weighted by molar-refractivity contribution is -0.410. The summed E-state index contributed by atoms with van der Waals surface area (Å²) in [5.41, 5.74) is -2.42. The normalized spacial score (nSPS) is 29.4. The first-order chi connectivity index (χ1) is 18.0. The first kappa shape index (κ1) is 8.87. The summed E-state index contributed by atoms with van der Waals surface area (Å²) in [6.45, 7) is 0. The summed E-state index contributed by atoms with van der Waals surface area (Å²) >= 11 is 0. The number of hydrogen-bond acceptors (Lipinski definition) is 2. The summed E-state index contributed by atoms with van der Waals surface area (Å²) in [6, 6.07) is 8.28. The SMILES string of the molecule is [2H]c1c([2H])c([2H])c(C23OOC(c4c([2H])c([2H])c([2H])c([2H])c4[2H])(c4ccccc42)c2ccccc23)c([2H])c1[2H]. The summed E-state index contributed by atoms with van der Waals surface area (Å²) < 4.78 is 84.1. The van der Waals surface area contributed by atoms with Gasteiger partial charge in [0, 0.05) is 22.3 Å². The van der Waals surface area contributed by atoms with E-state index in [9.17, 15) is 0 Å². The molecule has 134 valence electrons. The molecule has 0 fully saturated rings. The fourth-order valence-corrected chi connectivity index (χ4v) is 4.26. The standard InChI is InChI=1S/C26H18O2/c1-3-11-19(12-4-1)25-21-15-7-9-17-23(21)26(28-27-25,20-13-5-2-6-14-20)24-18-10-8-16-22(24)25/h1-18H/i1D,2D,3D,4D,5D,6D,11D,12D,13D,14D. The van der Waals surface area contributed by atoms with Crippen LogP contribution in [0.5, 0.6) is 0 Å². The van der Waals surface area contributed by atoms with Gasteiger partial charge in [-0.2, -0.15) is 0 Å². The Balaban J connectivity index is 1.82. The third-order valence-electron chi connectivity index (χ3n) is 5.37. The van der Waals surface area contributed by atoms with Gasteiger partial charge in [0.2, 0.25) is 0 Å². The van der Waals surface area contributed by atoms with Crippen molar-refractivity contribution in [1.82, 2.24) is 0 Å². The van der Waals surface area contributed by atoms with Crippen LogP contribution in [0.4, 0.5) is 0 Å². The molecule has 0 atom stereocenters. The van der Waals surface area contributed by atoms with Crippen molar-refractivity contribution in [2.45, 2.75) is 11.2 Å². The maximum absolute atomic E-state index is 8.72. The lowest BCUT2D eigenvalue weighted by atomic mass is 9.62. The van der Waals surface area contributed by atoms with E-state index in [2.05, 4.69) is 0 Å². The minimum atomic E-state index is -1.80. The molecule has 2 nitrogen and oxygen atoms in total. The highest BCUT2D eigenvalue weighted by atomic mass is 17.2. The van der Waals surface area contributed by atoms with Crippen LogP contribution in [0.15, 0.2) is 109 Å². The number of rotatable bonds is 2. The lowest BCUT2D eigenvalue weighted by Crippen LogP contribution is -2.53. The maximum atomic E-state index is 8.72. The van der Waals surface area contributed by atoms with Crippen molar-refractivity contribution < 1.29 is 23.5 Å². The Kier molecular flexibility index (Phi) is 1.79. The van der Waals surface area contributed by atoms with Gasteiger partial charge in [-0.3, -0.25) is 0 Å². The molecule has 0 spiro atoms. The second kappa shape index (κ2) is 5.65. The first-order valence-corrected chi connectivity index (χ1v) is 8.73. The van der Waals surface area contributed by atoms with E-state index >= 15 is 0 Å². The molecule has 0 N–H and O–H groups in total. The molecule has 0 radical (unpaired) electrons. The van der Waals surface area contributed by atoms with Crippen LogP contribution in [-0.2, 0) is 21.0 Å². The number of hydrogen-bond donors (Lipinski definition) is 0. The highest BCUT2D eigenvalue weighted by molar-refractivity contribution is 5.66. The van der Waals surface area contributed by atoms with E-state index in [0.717, 1.165) is 0 Å². The molecule has 0 saturated carbocycles. The molecule has 2 heterocycles. The van der Waals surface area contributed by atoms with Crippen molar-refractivity contribution in [3.8, 4) is 0 Å². The molecule has 0 aromatic heterocycles. The molecular weight excluding hydrogens is 344 g/mol. The second-order valence-corrected chi connectivity index (χ2v) is 6.62. The zero-order valence-electron chi connectivity index (χ0n) is 24.4. The number of benzene rings is 4. The molecule has 0 unspecified atom stereocenters. The summed E-state index contributed by atoms with van der Waals surface area (Å²) in [5.74, 6) is 0. The van der Waals surface area contributed by atoms with E-state index in [1.807, 2.05) is 0 Å². The highest BCUT2D eigenvalue weighted by Crippen LogP contribution is 2.60. The predicted octanol–water partition coefficient (Wildman–Crippen LogP) is 5.55. The van der Waals surface area contributed by atoms with Gasteiger partial charge in [0.15, 0.2) is 11.2 Å². The topological polar surface area (TPSA) is 18.5 Å². The zero-order chi connectivity index (χ0) is 27.3. The van der Waals surface area contributed by atoms with Crippen molar-refractivity contribution in [3.05, 3.63) is 142 Å². The van der Waals surface area contributed by atoms with Gasteiger partial charge in [-0.1, -0.05) is 109 Å². The Morgan fingerprint density at radius 3 is 1.14 bits per heavy atom. The fraction of sp³-hybridized carbons (Fsp3) is 0.0769. The second-order valence-electron chi connectivity index (χ2n) is 6.62. The van der Waals surface area contributed by atoms with Crippen molar-refractivity contribution in [2.75, 3.05) is 0 Å². The quantitative estimate of drug-likeness (QED) is 0.430. The van der Waals surface area contributed by atoms with Crippen LogP contribution in [0.25, 0.3) is 0 Å². The van der Waals surface area contributed by atoms with Gasteiger partial charge in [0.05, 0.1) is 13.7 Å². The van der Waals surface area contributed by atoms with E-state index in [4.69, 9.17) is 23.5 Å². The number of fused-ring (bicyclic) bond motifs is 1. The van der Waals surface area contributed by atoms with Gasteiger partial charge in [-0.15, -0.1) is 0 Å². The van der Waals surface area contributed by atoms with Gasteiger partial charge >= 0.3 is 0 Å². The molecule has 2 aliphatic heterocycles. The zero-order valence-corrected chi connectivity index (χ0v) is 14.4. The maximum Gasteiger partial charge on any atom is 0.179 e. The molecule has 4 aromatic rings. The molecule has 3 aliphatic rings. The Bertz CT molecular complexity index is 1470. The molecule has 0 saturated heterocycles. The predicted molar refractivity (Wildman–Crippen MR) is 108 cm³/mol. The van der Waals surface area contributed by atoms with Crippen LogP contribution in [-0.4, -0.2) is 0 Å². The van der Waals surface area contributed by atoms with Crippen molar-refractivity contribution >= 4 is 0 Å². The van der Waals surface area contributed by atoms with Crippen LogP contribution in [0.3, 0.4) is 0 Å². The third kappa shape index (κ3) is 1.79. The first-order valence-electron chi connectivity index (χ1n) is 13.7. The van der Waals surface area contributed by atoms with E-state index in [0.29, 0.717) is 22.3 Å². The molecule has 0 amide bonds. The van der Waals surface area contributed by atoms with Crippen LogP contribution < -0.4 is 0 Å².